The minimum Gasteiger partial charge on any atom is -0.329 e. The molecule has 1 aromatic carbocycles. The lowest BCUT2D eigenvalue weighted by atomic mass is 10.2. The lowest BCUT2D eigenvalue weighted by molar-refractivity contribution is 0.637. The topological polar surface area (TPSA) is 78.7 Å². The van der Waals surface area contributed by atoms with Crippen LogP contribution in [0.4, 0.5) is 0 Å². The Morgan fingerprint density at radius 2 is 2.00 bits per heavy atom. The fraction of sp³-hybridized carbons (Fsp3) is 0.214. The number of halogens is 1. The molecule has 2 N–H and O–H groups in total. The van der Waals surface area contributed by atoms with Gasteiger partial charge in [-0.05, 0) is 17.7 Å². The molecule has 0 saturated carbocycles. The summed E-state index contributed by atoms with van der Waals surface area (Å²) in [6.45, 7) is 1.49. The molecule has 0 radical (unpaired) electrons. The molecule has 0 aliphatic rings. The monoisotopic (exact) mass is 347 g/mol. The summed E-state index contributed by atoms with van der Waals surface area (Å²) in [5.41, 5.74) is 7.04. The van der Waals surface area contributed by atoms with Gasteiger partial charge in [-0.1, -0.05) is 28.1 Å². The van der Waals surface area contributed by atoms with Gasteiger partial charge >= 0.3 is 0 Å². The normalized spacial score (nSPS) is 11.1. The van der Waals surface area contributed by atoms with Crippen LogP contribution in [0, 0.1) is 0 Å². The van der Waals surface area contributed by atoms with Gasteiger partial charge in [0.2, 0.25) is 0 Å². The minimum atomic E-state index is -0.0915. The predicted molar refractivity (Wildman–Crippen MR) is 84.1 cm³/mol. The zero-order chi connectivity index (χ0) is 14.8. The van der Waals surface area contributed by atoms with Crippen LogP contribution in [0.1, 0.15) is 5.56 Å². The molecular weight excluding hydrogens is 334 g/mol. The number of nitrogens with zero attached hydrogens (tertiary/aromatic N) is 4. The number of nitrogens with two attached hydrogens (primary N) is 1. The molecule has 0 aliphatic carbocycles. The van der Waals surface area contributed by atoms with E-state index in [1.54, 1.807) is 21.8 Å². The van der Waals surface area contributed by atoms with E-state index in [0.29, 0.717) is 30.7 Å². The van der Waals surface area contributed by atoms with Crippen molar-refractivity contribution in [2.24, 2.45) is 5.73 Å². The van der Waals surface area contributed by atoms with Crippen molar-refractivity contribution in [3.05, 3.63) is 57.2 Å². The third-order valence-corrected chi connectivity index (χ3v) is 3.76. The highest BCUT2D eigenvalue weighted by atomic mass is 79.9. The first kappa shape index (κ1) is 14.0. The van der Waals surface area contributed by atoms with E-state index in [2.05, 4.69) is 26.0 Å². The highest BCUT2D eigenvalue weighted by Crippen LogP contribution is 2.11. The van der Waals surface area contributed by atoms with Crippen molar-refractivity contribution in [3.63, 3.8) is 0 Å². The van der Waals surface area contributed by atoms with Crippen LogP contribution in [-0.2, 0) is 13.1 Å². The Balaban J connectivity index is 1.98. The number of hydrogen-bond acceptors (Lipinski definition) is 4. The Bertz CT molecular complexity index is 821. The van der Waals surface area contributed by atoms with E-state index >= 15 is 0 Å². The van der Waals surface area contributed by atoms with Gasteiger partial charge in [0.05, 0.1) is 19.3 Å². The van der Waals surface area contributed by atoms with Crippen molar-refractivity contribution in [2.75, 3.05) is 6.54 Å². The standard InChI is InChI=1S/C14H14BrN5O/c15-11-3-1-10(2-4-11)8-19-9-17-13-12(14(19)21)7-18-20(13)6-5-16/h1-4,7,9H,5-6,8,16H2. The van der Waals surface area contributed by atoms with Crippen molar-refractivity contribution in [3.8, 4) is 0 Å². The lowest BCUT2D eigenvalue weighted by Crippen LogP contribution is -2.21. The van der Waals surface area contributed by atoms with E-state index in [9.17, 15) is 4.79 Å². The zero-order valence-electron chi connectivity index (χ0n) is 11.2. The summed E-state index contributed by atoms with van der Waals surface area (Å²) in [4.78, 5) is 16.8. The van der Waals surface area contributed by atoms with Crippen LogP contribution in [-0.4, -0.2) is 25.9 Å². The van der Waals surface area contributed by atoms with Gasteiger partial charge in [0.1, 0.15) is 11.7 Å². The number of fused-ring (bicyclic) bond motifs is 1. The summed E-state index contributed by atoms with van der Waals surface area (Å²) >= 11 is 3.39. The molecule has 2 aromatic heterocycles. The molecular formula is C14H14BrN5O. The van der Waals surface area contributed by atoms with Gasteiger partial charge in [-0.3, -0.25) is 9.36 Å². The van der Waals surface area contributed by atoms with Crippen LogP contribution < -0.4 is 11.3 Å². The van der Waals surface area contributed by atoms with Crippen molar-refractivity contribution in [2.45, 2.75) is 13.1 Å². The maximum atomic E-state index is 12.4. The molecule has 0 amide bonds. The molecule has 2 heterocycles. The Kier molecular flexibility index (Phi) is 3.85. The van der Waals surface area contributed by atoms with Crippen molar-refractivity contribution in [1.29, 1.82) is 0 Å². The Morgan fingerprint density at radius 1 is 1.24 bits per heavy atom. The average Bonchev–Trinajstić information content (AvgIpc) is 2.89. The molecule has 0 fully saturated rings. The van der Waals surface area contributed by atoms with Gasteiger partial charge in [0, 0.05) is 11.0 Å². The summed E-state index contributed by atoms with van der Waals surface area (Å²) < 4.78 is 4.25. The van der Waals surface area contributed by atoms with E-state index in [4.69, 9.17) is 5.73 Å². The van der Waals surface area contributed by atoms with Gasteiger partial charge in [-0.25, -0.2) is 9.67 Å². The summed E-state index contributed by atoms with van der Waals surface area (Å²) in [7, 11) is 0. The third kappa shape index (κ3) is 2.74. The third-order valence-electron chi connectivity index (χ3n) is 3.23. The molecule has 7 heteroatoms. The first-order chi connectivity index (χ1) is 10.2. The maximum Gasteiger partial charge on any atom is 0.264 e. The second-order valence-corrected chi connectivity index (χ2v) is 5.61. The maximum absolute atomic E-state index is 12.4. The van der Waals surface area contributed by atoms with Gasteiger partial charge < -0.3 is 5.73 Å². The van der Waals surface area contributed by atoms with Gasteiger partial charge in [0.25, 0.3) is 5.56 Å². The number of hydrogen-bond donors (Lipinski definition) is 1. The van der Waals surface area contributed by atoms with E-state index in [0.717, 1.165) is 10.0 Å². The average molecular weight is 348 g/mol. The van der Waals surface area contributed by atoms with Gasteiger partial charge in [-0.2, -0.15) is 5.10 Å². The van der Waals surface area contributed by atoms with Crippen molar-refractivity contribution < 1.29 is 0 Å². The van der Waals surface area contributed by atoms with E-state index in [-0.39, 0.29) is 5.56 Å². The molecule has 6 nitrogen and oxygen atoms in total. The minimum absolute atomic E-state index is 0.0915. The first-order valence-electron chi connectivity index (χ1n) is 6.54. The molecule has 0 unspecified atom stereocenters. The molecule has 0 atom stereocenters. The SMILES string of the molecule is NCCn1ncc2c(=O)n(Cc3ccc(Br)cc3)cnc21. The number of aromatic nitrogens is 4. The van der Waals surface area contributed by atoms with E-state index in [1.807, 2.05) is 24.3 Å². The molecule has 0 aliphatic heterocycles. The Labute approximate surface area is 129 Å². The predicted octanol–water partition coefficient (Wildman–Crippen LogP) is 1.36. The highest BCUT2D eigenvalue weighted by Gasteiger charge is 2.09. The quantitative estimate of drug-likeness (QED) is 0.772. The highest BCUT2D eigenvalue weighted by molar-refractivity contribution is 9.10. The van der Waals surface area contributed by atoms with Crippen LogP contribution in [0.5, 0.6) is 0 Å². The largest absolute Gasteiger partial charge is 0.329 e. The van der Waals surface area contributed by atoms with Crippen molar-refractivity contribution in [1.82, 2.24) is 19.3 Å². The summed E-state index contributed by atoms with van der Waals surface area (Å²) in [5, 5.41) is 4.68. The zero-order valence-corrected chi connectivity index (χ0v) is 12.8. The van der Waals surface area contributed by atoms with E-state index in [1.165, 1.54) is 0 Å². The molecule has 3 rings (SSSR count). The Hall–Kier alpha value is -1.99. The fourth-order valence-corrected chi connectivity index (χ4v) is 2.45. The van der Waals surface area contributed by atoms with Gasteiger partial charge in [0.15, 0.2) is 5.65 Å². The molecule has 108 valence electrons. The fourth-order valence-electron chi connectivity index (χ4n) is 2.18. The summed E-state index contributed by atoms with van der Waals surface area (Å²) in [5.74, 6) is 0. The van der Waals surface area contributed by atoms with Crippen LogP contribution >= 0.6 is 15.9 Å². The number of rotatable bonds is 4. The molecule has 21 heavy (non-hydrogen) atoms. The van der Waals surface area contributed by atoms with E-state index < -0.39 is 0 Å². The van der Waals surface area contributed by atoms with Crippen molar-refractivity contribution >= 4 is 27.0 Å². The smallest absolute Gasteiger partial charge is 0.264 e. The first-order valence-corrected chi connectivity index (χ1v) is 7.34. The molecule has 3 aromatic rings. The Morgan fingerprint density at radius 3 is 2.71 bits per heavy atom. The van der Waals surface area contributed by atoms with Crippen LogP contribution in [0.2, 0.25) is 0 Å². The second-order valence-electron chi connectivity index (χ2n) is 4.70. The van der Waals surface area contributed by atoms with Crippen LogP contribution in [0.25, 0.3) is 11.0 Å². The second kappa shape index (κ2) is 5.79. The molecule has 0 saturated heterocycles. The lowest BCUT2D eigenvalue weighted by Gasteiger charge is -2.06. The number of benzene rings is 1. The molecule has 0 spiro atoms. The van der Waals surface area contributed by atoms with Crippen LogP contribution in [0.15, 0.2) is 46.1 Å². The van der Waals surface area contributed by atoms with Gasteiger partial charge in [-0.15, -0.1) is 0 Å². The van der Waals surface area contributed by atoms with Crippen LogP contribution in [0.3, 0.4) is 0 Å². The summed E-state index contributed by atoms with van der Waals surface area (Å²) in [6.07, 6.45) is 3.11. The molecule has 0 bridgehead atoms. The summed E-state index contributed by atoms with van der Waals surface area (Å²) in [6, 6.07) is 7.84.